The molecule has 0 spiro atoms. The molecule has 100 valence electrons. The molecule has 1 aromatic heterocycles. The average Bonchev–Trinajstić information content (AvgIpc) is 2.41. The van der Waals surface area contributed by atoms with Crippen LogP contribution in [-0.2, 0) is 0 Å². The minimum absolute atomic E-state index is 0.519. The van der Waals surface area contributed by atoms with Gasteiger partial charge in [0, 0.05) is 50.7 Å². The van der Waals surface area contributed by atoms with Crippen molar-refractivity contribution in [3.8, 4) is 0 Å². The summed E-state index contributed by atoms with van der Waals surface area (Å²) in [5.74, 6) is 0.857. The normalized spacial score (nSPS) is 18.9. The summed E-state index contributed by atoms with van der Waals surface area (Å²) >= 11 is 0. The van der Waals surface area contributed by atoms with Crippen LogP contribution in [-0.4, -0.2) is 53.6 Å². The first-order chi connectivity index (χ1) is 8.74. The largest absolute Gasteiger partial charge is 0.338 e. The Kier molecular flexibility index (Phi) is 4.49. The number of hydrogen-bond donors (Lipinski definition) is 1. The number of hydrogen-bond acceptors (Lipinski definition) is 5. The monoisotopic (exact) mass is 249 g/mol. The molecule has 18 heavy (non-hydrogen) atoms. The van der Waals surface area contributed by atoms with Crippen LogP contribution in [0, 0.1) is 6.92 Å². The van der Waals surface area contributed by atoms with Gasteiger partial charge in [0.15, 0.2) is 0 Å². The van der Waals surface area contributed by atoms with Crippen LogP contribution in [0.2, 0.25) is 0 Å². The number of rotatable bonds is 4. The van der Waals surface area contributed by atoms with Crippen LogP contribution in [0.15, 0.2) is 12.3 Å². The predicted molar refractivity (Wildman–Crippen MR) is 73.7 cm³/mol. The van der Waals surface area contributed by atoms with Crippen LogP contribution in [0.4, 0.5) is 5.95 Å². The first kappa shape index (κ1) is 13.2. The standard InChI is InChI=1S/C13H23N5/c1-3-12(10-14)17-6-8-18(9-7-17)13-15-5-4-11(2)16-13/h4-5,12H,3,6-10,14H2,1-2H3. The lowest BCUT2D eigenvalue weighted by Crippen LogP contribution is -2.52. The third-order valence-electron chi connectivity index (χ3n) is 3.64. The summed E-state index contributed by atoms with van der Waals surface area (Å²) in [5.41, 5.74) is 6.82. The lowest BCUT2D eigenvalue weighted by molar-refractivity contribution is 0.184. The van der Waals surface area contributed by atoms with E-state index in [1.807, 2.05) is 19.2 Å². The zero-order valence-electron chi connectivity index (χ0n) is 11.3. The Bertz CT molecular complexity index is 369. The number of piperazine rings is 1. The maximum atomic E-state index is 5.80. The molecule has 2 rings (SSSR count). The van der Waals surface area contributed by atoms with Gasteiger partial charge in [0.25, 0.3) is 0 Å². The fraction of sp³-hybridized carbons (Fsp3) is 0.692. The van der Waals surface area contributed by atoms with E-state index in [4.69, 9.17) is 5.73 Å². The van der Waals surface area contributed by atoms with Gasteiger partial charge in [-0.25, -0.2) is 9.97 Å². The zero-order chi connectivity index (χ0) is 13.0. The second-order valence-corrected chi connectivity index (χ2v) is 4.82. The smallest absolute Gasteiger partial charge is 0.225 e. The first-order valence-electron chi connectivity index (χ1n) is 6.73. The van der Waals surface area contributed by atoms with E-state index in [2.05, 4.69) is 26.7 Å². The van der Waals surface area contributed by atoms with Crippen LogP contribution in [0.3, 0.4) is 0 Å². The van der Waals surface area contributed by atoms with Gasteiger partial charge in [0.1, 0.15) is 0 Å². The molecule has 1 fully saturated rings. The molecule has 0 radical (unpaired) electrons. The highest BCUT2D eigenvalue weighted by atomic mass is 15.3. The van der Waals surface area contributed by atoms with Gasteiger partial charge in [0.05, 0.1) is 0 Å². The summed E-state index contributed by atoms with van der Waals surface area (Å²) in [6.45, 7) is 9.02. The van der Waals surface area contributed by atoms with E-state index in [1.165, 1.54) is 0 Å². The molecule has 0 amide bonds. The van der Waals surface area contributed by atoms with Crippen LogP contribution in [0.1, 0.15) is 19.0 Å². The minimum Gasteiger partial charge on any atom is -0.338 e. The summed E-state index contributed by atoms with van der Waals surface area (Å²) in [5, 5.41) is 0. The molecule has 1 unspecified atom stereocenters. The number of aryl methyl sites for hydroxylation is 1. The lowest BCUT2D eigenvalue weighted by Gasteiger charge is -2.38. The fourth-order valence-electron chi connectivity index (χ4n) is 2.45. The molecular weight excluding hydrogens is 226 g/mol. The van der Waals surface area contributed by atoms with Crippen LogP contribution in [0.25, 0.3) is 0 Å². The number of anilines is 1. The van der Waals surface area contributed by atoms with E-state index in [1.54, 1.807) is 0 Å². The van der Waals surface area contributed by atoms with Crippen molar-refractivity contribution in [1.82, 2.24) is 14.9 Å². The Hall–Kier alpha value is -1.20. The first-order valence-corrected chi connectivity index (χ1v) is 6.73. The Morgan fingerprint density at radius 1 is 1.33 bits per heavy atom. The van der Waals surface area contributed by atoms with Gasteiger partial charge in [-0.3, -0.25) is 4.90 Å². The zero-order valence-corrected chi connectivity index (χ0v) is 11.3. The van der Waals surface area contributed by atoms with Gasteiger partial charge >= 0.3 is 0 Å². The van der Waals surface area contributed by atoms with E-state index in [0.29, 0.717) is 6.04 Å². The van der Waals surface area contributed by atoms with Crippen molar-refractivity contribution in [1.29, 1.82) is 0 Å². The highest BCUT2D eigenvalue weighted by Crippen LogP contribution is 2.13. The third-order valence-corrected chi connectivity index (χ3v) is 3.64. The van der Waals surface area contributed by atoms with E-state index >= 15 is 0 Å². The maximum Gasteiger partial charge on any atom is 0.225 e. The van der Waals surface area contributed by atoms with Gasteiger partial charge in [-0.1, -0.05) is 6.92 Å². The van der Waals surface area contributed by atoms with Gasteiger partial charge in [-0.2, -0.15) is 0 Å². The van der Waals surface area contributed by atoms with E-state index < -0.39 is 0 Å². The molecule has 1 aliphatic heterocycles. The molecule has 5 nitrogen and oxygen atoms in total. The molecule has 0 bridgehead atoms. The topological polar surface area (TPSA) is 58.3 Å². The van der Waals surface area contributed by atoms with Crippen molar-refractivity contribution in [2.45, 2.75) is 26.3 Å². The minimum atomic E-state index is 0.519. The van der Waals surface area contributed by atoms with Gasteiger partial charge in [0.2, 0.25) is 5.95 Å². The van der Waals surface area contributed by atoms with Crippen molar-refractivity contribution in [2.75, 3.05) is 37.6 Å². The SMILES string of the molecule is CCC(CN)N1CCN(c2nccc(C)n2)CC1. The molecule has 5 heteroatoms. The highest BCUT2D eigenvalue weighted by molar-refractivity contribution is 5.30. The Morgan fingerprint density at radius 3 is 2.61 bits per heavy atom. The molecule has 0 aromatic carbocycles. The molecule has 1 atom stereocenters. The number of nitrogens with two attached hydrogens (primary N) is 1. The van der Waals surface area contributed by atoms with Crippen molar-refractivity contribution < 1.29 is 0 Å². The van der Waals surface area contributed by atoms with Crippen LogP contribution >= 0.6 is 0 Å². The second kappa shape index (κ2) is 6.11. The van der Waals surface area contributed by atoms with Crippen molar-refractivity contribution in [2.24, 2.45) is 5.73 Å². The molecule has 2 heterocycles. The summed E-state index contributed by atoms with van der Waals surface area (Å²) in [7, 11) is 0. The van der Waals surface area contributed by atoms with Crippen molar-refractivity contribution >= 4 is 5.95 Å². The second-order valence-electron chi connectivity index (χ2n) is 4.82. The van der Waals surface area contributed by atoms with Crippen LogP contribution in [0.5, 0.6) is 0 Å². The van der Waals surface area contributed by atoms with Crippen molar-refractivity contribution in [3.05, 3.63) is 18.0 Å². The average molecular weight is 249 g/mol. The van der Waals surface area contributed by atoms with Gasteiger partial charge < -0.3 is 10.6 Å². The summed E-state index contributed by atoms with van der Waals surface area (Å²) < 4.78 is 0. The van der Waals surface area contributed by atoms with E-state index in [9.17, 15) is 0 Å². The summed E-state index contributed by atoms with van der Waals surface area (Å²) in [6, 6.07) is 2.45. The molecule has 1 aromatic rings. The third kappa shape index (κ3) is 2.97. The van der Waals surface area contributed by atoms with Crippen LogP contribution < -0.4 is 10.6 Å². The molecule has 0 aliphatic carbocycles. The number of nitrogens with zero attached hydrogens (tertiary/aromatic N) is 4. The quantitative estimate of drug-likeness (QED) is 0.849. The predicted octanol–water partition coefficient (Wildman–Crippen LogP) is 0.644. The molecule has 0 saturated carbocycles. The molecule has 1 aliphatic rings. The maximum absolute atomic E-state index is 5.80. The summed E-state index contributed by atoms with van der Waals surface area (Å²) in [4.78, 5) is 13.6. The van der Waals surface area contributed by atoms with E-state index in [0.717, 1.165) is 50.8 Å². The molecular formula is C13H23N5. The summed E-state index contributed by atoms with van der Waals surface area (Å²) in [6.07, 6.45) is 2.95. The van der Waals surface area contributed by atoms with Crippen molar-refractivity contribution in [3.63, 3.8) is 0 Å². The molecule has 1 saturated heterocycles. The highest BCUT2D eigenvalue weighted by Gasteiger charge is 2.22. The Labute approximate surface area is 109 Å². The Balaban J connectivity index is 1.94. The van der Waals surface area contributed by atoms with Gasteiger partial charge in [-0.15, -0.1) is 0 Å². The molecule has 2 N–H and O–H groups in total. The Morgan fingerprint density at radius 2 is 2.06 bits per heavy atom. The fourth-order valence-corrected chi connectivity index (χ4v) is 2.45. The lowest BCUT2D eigenvalue weighted by atomic mass is 10.1. The number of aromatic nitrogens is 2. The van der Waals surface area contributed by atoms with Gasteiger partial charge in [-0.05, 0) is 19.4 Å². The van der Waals surface area contributed by atoms with E-state index in [-0.39, 0.29) is 0 Å².